The summed E-state index contributed by atoms with van der Waals surface area (Å²) in [5.74, 6) is -0.602. The Bertz CT molecular complexity index is 973. The Morgan fingerprint density at radius 1 is 1.06 bits per heavy atom. The molecule has 0 unspecified atom stereocenters. The first-order valence-corrected chi connectivity index (χ1v) is 11.5. The lowest BCUT2D eigenvalue weighted by Crippen LogP contribution is -2.50. The van der Waals surface area contributed by atoms with Crippen LogP contribution in [0.15, 0.2) is 54.6 Å². The van der Waals surface area contributed by atoms with Crippen molar-refractivity contribution in [3.05, 3.63) is 65.7 Å². The number of ether oxygens (including phenoxy) is 2. The van der Waals surface area contributed by atoms with Crippen molar-refractivity contribution in [2.75, 3.05) is 6.54 Å². The van der Waals surface area contributed by atoms with Gasteiger partial charge in [-0.2, -0.15) is 0 Å². The van der Waals surface area contributed by atoms with Crippen LogP contribution in [-0.2, 0) is 20.9 Å². The van der Waals surface area contributed by atoms with Gasteiger partial charge in [0, 0.05) is 6.54 Å². The highest BCUT2D eigenvalue weighted by atomic mass is 16.6. The average Bonchev–Trinajstić information content (AvgIpc) is 2.79. The highest BCUT2D eigenvalue weighted by Gasteiger charge is 2.35. The number of hydrogen-bond acceptors (Lipinski definition) is 6. The Hall–Kier alpha value is -3.75. The summed E-state index contributed by atoms with van der Waals surface area (Å²) in [4.78, 5) is 38.8. The number of benzene rings is 2. The number of carbonyl (C=O) groups is 3. The molecule has 3 amide bonds. The van der Waals surface area contributed by atoms with Gasteiger partial charge in [0.05, 0.1) is 6.04 Å². The molecule has 0 spiro atoms. The molecule has 0 aliphatic heterocycles. The standard InChI is InChI=1S/C26H35N3O6/c1-18(20-12-14-21(30)15-13-20)29(25(33)35-26(2,3)4)22(23(27)31)11-8-16-28-24(32)34-17-19-9-6-5-7-10-19/h5-7,9-10,12-15,18,22,30H,8,11,16-17H2,1-4H3,(H2,27,31)(H,28,32)/t18-,22-/m1/s1. The number of alkyl carbamates (subject to hydrolysis) is 1. The molecular formula is C26H35N3O6. The minimum Gasteiger partial charge on any atom is -0.508 e. The zero-order valence-corrected chi connectivity index (χ0v) is 20.7. The van der Waals surface area contributed by atoms with Crippen molar-refractivity contribution in [2.45, 2.75) is 64.8 Å². The number of aromatic hydroxyl groups is 1. The van der Waals surface area contributed by atoms with E-state index in [9.17, 15) is 19.5 Å². The highest BCUT2D eigenvalue weighted by molar-refractivity contribution is 5.84. The lowest BCUT2D eigenvalue weighted by molar-refractivity contribution is -0.124. The van der Waals surface area contributed by atoms with E-state index in [1.165, 1.54) is 17.0 Å². The van der Waals surface area contributed by atoms with E-state index in [-0.39, 0.29) is 25.3 Å². The third kappa shape index (κ3) is 9.19. The van der Waals surface area contributed by atoms with Gasteiger partial charge in [0.25, 0.3) is 0 Å². The minimum absolute atomic E-state index is 0.0847. The van der Waals surface area contributed by atoms with Gasteiger partial charge in [0.2, 0.25) is 5.91 Å². The van der Waals surface area contributed by atoms with Crippen LogP contribution >= 0.6 is 0 Å². The third-order valence-electron chi connectivity index (χ3n) is 5.20. The van der Waals surface area contributed by atoms with E-state index in [0.29, 0.717) is 12.0 Å². The summed E-state index contributed by atoms with van der Waals surface area (Å²) in [5, 5.41) is 12.2. The molecule has 0 radical (unpaired) electrons. The smallest absolute Gasteiger partial charge is 0.411 e. The summed E-state index contributed by atoms with van der Waals surface area (Å²) >= 11 is 0. The molecule has 9 heteroatoms. The molecule has 35 heavy (non-hydrogen) atoms. The Morgan fingerprint density at radius 3 is 2.26 bits per heavy atom. The number of carbonyl (C=O) groups excluding carboxylic acids is 3. The fraction of sp³-hybridized carbons (Fsp3) is 0.423. The molecule has 0 saturated heterocycles. The molecule has 0 saturated carbocycles. The number of primary amides is 1. The summed E-state index contributed by atoms with van der Waals surface area (Å²) in [5.41, 5.74) is 6.48. The Morgan fingerprint density at radius 2 is 1.69 bits per heavy atom. The maximum absolute atomic E-state index is 13.1. The van der Waals surface area contributed by atoms with Crippen LogP contribution in [0.5, 0.6) is 5.75 Å². The van der Waals surface area contributed by atoms with Crippen molar-refractivity contribution >= 4 is 18.1 Å². The molecular weight excluding hydrogens is 450 g/mol. The van der Waals surface area contributed by atoms with E-state index in [2.05, 4.69) is 5.32 Å². The van der Waals surface area contributed by atoms with Crippen LogP contribution in [0.2, 0.25) is 0 Å². The molecule has 0 aromatic heterocycles. The SMILES string of the molecule is C[C@H](c1ccc(O)cc1)N(C(=O)OC(C)(C)C)[C@H](CCCNC(=O)OCc1ccccc1)C(N)=O. The molecule has 190 valence electrons. The summed E-state index contributed by atoms with van der Waals surface area (Å²) in [6.07, 6.45) is -0.686. The van der Waals surface area contributed by atoms with Crippen molar-refractivity contribution in [3.63, 3.8) is 0 Å². The summed E-state index contributed by atoms with van der Waals surface area (Å²) in [6.45, 7) is 7.33. The predicted molar refractivity (Wildman–Crippen MR) is 131 cm³/mol. The van der Waals surface area contributed by atoms with Crippen LogP contribution in [0.4, 0.5) is 9.59 Å². The maximum atomic E-state index is 13.1. The molecule has 0 aliphatic carbocycles. The van der Waals surface area contributed by atoms with Gasteiger partial charge in [-0.1, -0.05) is 42.5 Å². The lowest BCUT2D eigenvalue weighted by Gasteiger charge is -2.36. The summed E-state index contributed by atoms with van der Waals surface area (Å²) in [6, 6.07) is 14.1. The van der Waals surface area contributed by atoms with Gasteiger partial charge in [-0.3, -0.25) is 9.69 Å². The van der Waals surface area contributed by atoms with E-state index in [4.69, 9.17) is 15.2 Å². The first kappa shape index (κ1) is 27.5. The van der Waals surface area contributed by atoms with Gasteiger partial charge >= 0.3 is 12.2 Å². The molecule has 2 rings (SSSR count). The number of nitrogens with zero attached hydrogens (tertiary/aromatic N) is 1. The quantitative estimate of drug-likeness (QED) is 0.431. The van der Waals surface area contributed by atoms with Crippen LogP contribution in [0.25, 0.3) is 0 Å². The number of nitrogens with two attached hydrogens (primary N) is 1. The second kappa shape index (κ2) is 12.6. The van der Waals surface area contributed by atoms with E-state index in [1.807, 2.05) is 30.3 Å². The van der Waals surface area contributed by atoms with Gasteiger partial charge in [0.1, 0.15) is 24.0 Å². The zero-order chi connectivity index (χ0) is 26.0. The van der Waals surface area contributed by atoms with Crippen LogP contribution in [0, 0.1) is 0 Å². The number of amides is 3. The molecule has 9 nitrogen and oxygen atoms in total. The molecule has 0 bridgehead atoms. The Kier molecular flexibility index (Phi) is 9.93. The van der Waals surface area contributed by atoms with Crippen LogP contribution < -0.4 is 11.1 Å². The van der Waals surface area contributed by atoms with E-state index < -0.39 is 35.8 Å². The van der Waals surface area contributed by atoms with Crippen molar-refractivity contribution in [1.29, 1.82) is 0 Å². The van der Waals surface area contributed by atoms with Gasteiger partial charge in [-0.05, 0) is 63.8 Å². The highest BCUT2D eigenvalue weighted by Crippen LogP contribution is 2.28. The van der Waals surface area contributed by atoms with Crippen LogP contribution in [0.1, 0.15) is 57.7 Å². The van der Waals surface area contributed by atoms with Gasteiger partial charge in [-0.25, -0.2) is 9.59 Å². The molecule has 0 heterocycles. The van der Waals surface area contributed by atoms with E-state index in [0.717, 1.165) is 5.56 Å². The van der Waals surface area contributed by atoms with Crippen molar-refractivity contribution in [3.8, 4) is 5.75 Å². The van der Waals surface area contributed by atoms with Gasteiger partial charge in [0.15, 0.2) is 0 Å². The Balaban J connectivity index is 2.04. The summed E-state index contributed by atoms with van der Waals surface area (Å²) < 4.78 is 10.7. The zero-order valence-electron chi connectivity index (χ0n) is 20.7. The molecule has 2 atom stereocenters. The van der Waals surface area contributed by atoms with Gasteiger partial charge in [-0.15, -0.1) is 0 Å². The second-order valence-electron chi connectivity index (χ2n) is 9.20. The van der Waals surface area contributed by atoms with Gasteiger partial charge < -0.3 is 25.6 Å². The van der Waals surface area contributed by atoms with E-state index in [1.54, 1.807) is 39.8 Å². The topological polar surface area (TPSA) is 131 Å². The normalized spacial score (nSPS) is 12.8. The molecule has 0 fully saturated rings. The van der Waals surface area contributed by atoms with Crippen molar-refractivity contribution in [1.82, 2.24) is 10.2 Å². The Labute approximate surface area is 206 Å². The summed E-state index contributed by atoms with van der Waals surface area (Å²) in [7, 11) is 0. The number of rotatable bonds is 10. The fourth-order valence-corrected chi connectivity index (χ4v) is 3.46. The average molecular weight is 486 g/mol. The number of hydrogen-bond donors (Lipinski definition) is 3. The number of phenolic OH excluding ortho intramolecular Hbond substituents is 1. The monoisotopic (exact) mass is 485 g/mol. The molecule has 0 aliphatic rings. The largest absolute Gasteiger partial charge is 0.508 e. The van der Waals surface area contributed by atoms with E-state index >= 15 is 0 Å². The lowest BCUT2D eigenvalue weighted by atomic mass is 10.0. The van der Waals surface area contributed by atoms with Crippen LogP contribution in [-0.4, -0.2) is 46.3 Å². The molecule has 4 N–H and O–H groups in total. The predicted octanol–water partition coefficient (Wildman–Crippen LogP) is 4.25. The molecule has 2 aromatic rings. The third-order valence-corrected chi connectivity index (χ3v) is 5.20. The first-order chi connectivity index (χ1) is 16.5. The van der Waals surface area contributed by atoms with Crippen molar-refractivity contribution in [2.24, 2.45) is 5.73 Å². The fourth-order valence-electron chi connectivity index (χ4n) is 3.46. The maximum Gasteiger partial charge on any atom is 0.411 e. The van der Waals surface area contributed by atoms with Crippen LogP contribution in [0.3, 0.4) is 0 Å². The first-order valence-electron chi connectivity index (χ1n) is 11.5. The number of phenols is 1. The molecule has 2 aromatic carbocycles. The van der Waals surface area contributed by atoms with Crippen molar-refractivity contribution < 1.29 is 29.0 Å². The minimum atomic E-state index is -0.976. The second-order valence-corrected chi connectivity index (χ2v) is 9.20. The number of nitrogens with one attached hydrogen (secondary N) is 1.